The molecule has 0 aliphatic heterocycles. The molecule has 0 saturated carbocycles. The third-order valence-electron chi connectivity index (χ3n) is 3.87. The van der Waals surface area contributed by atoms with E-state index in [0.717, 1.165) is 20.7 Å². The van der Waals surface area contributed by atoms with Crippen LogP contribution < -0.4 is 5.32 Å². The number of carbonyl (C=O) groups excluding carboxylic acids is 1. The summed E-state index contributed by atoms with van der Waals surface area (Å²) in [5.74, 6) is 0.542. The van der Waals surface area contributed by atoms with Gasteiger partial charge in [0.25, 0.3) is 5.91 Å². The first kappa shape index (κ1) is 18.8. The molecule has 2 aromatic carbocycles. The van der Waals surface area contributed by atoms with Crippen molar-refractivity contribution in [3.8, 4) is 10.6 Å². The number of rotatable bonds is 6. The van der Waals surface area contributed by atoms with Crippen LogP contribution in [0.25, 0.3) is 10.6 Å². The molecular weight excluding hydrogens is 408 g/mol. The second kappa shape index (κ2) is 8.64. The summed E-state index contributed by atoms with van der Waals surface area (Å²) in [4.78, 5) is 16.9. The van der Waals surface area contributed by atoms with E-state index >= 15 is 0 Å². The predicted molar refractivity (Wildman–Crippen MR) is 116 cm³/mol. The summed E-state index contributed by atoms with van der Waals surface area (Å²) < 4.78 is 0.817. The minimum Gasteiger partial charge on any atom is -0.295 e. The molecule has 0 aliphatic rings. The fourth-order valence-corrected chi connectivity index (χ4v) is 4.91. The van der Waals surface area contributed by atoms with Gasteiger partial charge in [-0.15, -0.1) is 21.5 Å². The molecule has 28 heavy (non-hydrogen) atoms. The number of thioether (sulfide) groups is 1. The van der Waals surface area contributed by atoms with Gasteiger partial charge < -0.3 is 0 Å². The maximum Gasteiger partial charge on any atom is 0.276 e. The summed E-state index contributed by atoms with van der Waals surface area (Å²) in [5, 5.41) is 14.0. The highest BCUT2D eigenvalue weighted by molar-refractivity contribution is 8.00. The summed E-state index contributed by atoms with van der Waals surface area (Å²) in [6.45, 7) is 2.04. The quantitative estimate of drug-likeness (QED) is 0.326. The highest BCUT2D eigenvalue weighted by atomic mass is 32.2. The van der Waals surface area contributed by atoms with Crippen molar-refractivity contribution in [2.75, 3.05) is 5.32 Å². The SMILES string of the molecule is Cc1ccc(-c2nc(C(=O)Nc3nnc(SCc4ccccc4)s3)cs2)cc1. The van der Waals surface area contributed by atoms with Crippen LogP contribution in [0.15, 0.2) is 64.3 Å². The number of carbonyl (C=O) groups is 1. The molecule has 140 valence electrons. The molecule has 0 atom stereocenters. The molecule has 8 heteroatoms. The van der Waals surface area contributed by atoms with Gasteiger partial charge in [-0.05, 0) is 12.5 Å². The summed E-state index contributed by atoms with van der Waals surface area (Å²) >= 11 is 4.41. The Bertz CT molecular complexity index is 1070. The zero-order valence-corrected chi connectivity index (χ0v) is 17.4. The Morgan fingerprint density at radius 1 is 1.07 bits per heavy atom. The second-order valence-electron chi connectivity index (χ2n) is 6.01. The van der Waals surface area contributed by atoms with Gasteiger partial charge in [0, 0.05) is 16.7 Å². The number of aryl methyl sites for hydroxylation is 1. The second-order valence-corrected chi connectivity index (χ2v) is 9.06. The lowest BCUT2D eigenvalue weighted by molar-refractivity contribution is 0.102. The van der Waals surface area contributed by atoms with Gasteiger partial charge in [0.05, 0.1) is 0 Å². The van der Waals surface area contributed by atoms with E-state index in [4.69, 9.17) is 0 Å². The Hall–Kier alpha value is -2.55. The Morgan fingerprint density at radius 3 is 2.64 bits per heavy atom. The van der Waals surface area contributed by atoms with Crippen molar-refractivity contribution in [3.63, 3.8) is 0 Å². The van der Waals surface area contributed by atoms with Gasteiger partial charge in [-0.1, -0.05) is 83.3 Å². The average Bonchev–Trinajstić information content (AvgIpc) is 3.38. The van der Waals surface area contributed by atoms with Crippen LogP contribution in [0.5, 0.6) is 0 Å². The fourth-order valence-electron chi connectivity index (χ4n) is 2.41. The third kappa shape index (κ3) is 4.64. The van der Waals surface area contributed by atoms with E-state index in [1.807, 2.05) is 49.4 Å². The number of nitrogens with zero attached hydrogens (tertiary/aromatic N) is 3. The number of hydrogen-bond donors (Lipinski definition) is 1. The van der Waals surface area contributed by atoms with Crippen molar-refractivity contribution < 1.29 is 4.79 Å². The summed E-state index contributed by atoms with van der Waals surface area (Å²) in [5.41, 5.74) is 3.80. The zero-order chi connectivity index (χ0) is 19.3. The van der Waals surface area contributed by atoms with E-state index in [2.05, 4.69) is 32.6 Å². The first-order valence-corrected chi connectivity index (χ1v) is 11.2. The molecular formula is C20H16N4OS3. The maximum atomic E-state index is 12.5. The van der Waals surface area contributed by atoms with Crippen LogP contribution in [-0.4, -0.2) is 21.1 Å². The van der Waals surface area contributed by atoms with Crippen molar-refractivity contribution in [2.24, 2.45) is 0 Å². The fraction of sp³-hybridized carbons (Fsp3) is 0.100. The minimum atomic E-state index is -0.273. The van der Waals surface area contributed by atoms with Crippen LogP contribution in [0.1, 0.15) is 21.6 Å². The molecule has 0 unspecified atom stereocenters. The van der Waals surface area contributed by atoms with E-state index in [1.165, 1.54) is 33.8 Å². The van der Waals surface area contributed by atoms with Gasteiger partial charge in [0.2, 0.25) is 5.13 Å². The molecule has 0 fully saturated rings. The van der Waals surface area contributed by atoms with E-state index in [9.17, 15) is 4.79 Å². The van der Waals surface area contributed by atoms with Crippen molar-refractivity contribution in [1.29, 1.82) is 0 Å². The molecule has 4 aromatic rings. The van der Waals surface area contributed by atoms with Crippen LogP contribution in [0.4, 0.5) is 5.13 Å². The van der Waals surface area contributed by atoms with Crippen LogP contribution in [0.3, 0.4) is 0 Å². The standard InChI is InChI=1S/C20H16N4OS3/c1-13-7-9-15(10-8-13)18-21-16(12-26-18)17(25)22-19-23-24-20(28-19)27-11-14-5-3-2-4-6-14/h2-10,12H,11H2,1H3,(H,22,23,25). The zero-order valence-electron chi connectivity index (χ0n) is 15.0. The first-order chi connectivity index (χ1) is 13.7. The normalized spacial score (nSPS) is 10.8. The van der Waals surface area contributed by atoms with Crippen LogP contribution in [-0.2, 0) is 5.75 Å². The van der Waals surface area contributed by atoms with Crippen LogP contribution >= 0.6 is 34.4 Å². The molecule has 0 bridgehead atoms. The number of nitrogens with one attached hydrogen (secondary N) is 1. The Morgan fingerprint density at radius 2 is 1.86 bits per heavy atom. The van der Waals surface area contributed by atoms with E-state index in [0.29, 0.717) is 10.8 Å². The Labute approximate surface area is 174 Å². The van der Waals surface area contributed by atoms with Gasteiger partial charge in [-0.25, -0.2) is 4.98 Å². The first-order valence-electron chi connectivity index (χ1n) is 8.51. The topological polar surface area (TPSA) is 67.8 Å². The monoisotopic (exact) mass is 424 g/mol. The predicted octanol–water partition coefficient (Wildman–Crippen LogP) is 5.51. The van der Waals surface area contributed by atoms with Crippen molar-refractivity contribution in [2.45, 2.75) is 17.0 Å². The number of hydrogen-bond acceptors (Lipinski definition) is 7. The van der Waals surface area contributed by atoms with Crippen molar-refractivity contribution in [3.05, 3.63) is 76.8 Å². The highest BCUT2D eigenvalue weighted by Crippen LogP contribution is 2.29. The van der Waals surface area contributed by atoms with Gasteiger partial charge in [0.1, 0.15) is 10.7 Å². The lowest BCUT2D eigenvalue weighted by atomic mass is 10.2. The molecule has 0 spiro atoms. The van der Waals surface area contributed by atoms with Crippen LogP contribution in [0.2, 0.25) is 0 Å². The number of anilines is 1. The number of amides is 1. The van der Waals surface area contributed by atoms with Crippen molar-refractivity contribution in [1.82, 2.24) is 15.2 Å². The molecule has 1 amide bonds. The van der Waals surface area contributed by atoms with Crippen LogP contribution in [0, 0.1) is 6.92 Å². The average molecular weight is 425 g/mol. The van der Waals surface area contributed by atoms with E-state index < -0.39 is 0 Å². The summed E-state index contributed by atoms with van der Waals surface area (Å²) in [6, 6.07) is 18.3. The van der Waals surface area contributed by atoms with Crippen molar-refractivity contribution >= 4 is 45.5 Å². The maximum absolute atomic E-state index is 12.5. The molecule has 2 aromatic heterocycles. The molecule has 0 radical (unpaired) electrons. The Balaban J connectivity index is 1.37. The van der Waals surface area contributed by atoms with Gasteiger partial charge in [0.15, 0.2) is 4.34 Å². The Kier molecular flexibility index (Phi) is 5.80. The van der Waals surface area contributed by atoms with Gasteiger partial charge in [-0.3, -0.25) is 10.1 Å². The smallest absolute Gasteiger partial charge is 0.276 e. The molecule has 5 nitrogen and oxygen atoms in total. The number of benzene rings is 2. The van der Waals surface area contributed by atoms with Gasteiger partial charge >= 0.3 is 0 Å². The summed E-state index contributed by atoms with van der Waals surface area (Å²) in [6.07, 6.45) is 0. The van der Waals surface area contributed by atoms with E-state index in [1.54, 1.807) is 17.1 Å². The molecule has 2 heterocycles. The summed E-state index contributed by atoms with van der Waals surface area (Å²) in [7, 11) is 0. The third-order valence-corrected chi connectivity index (χ3v) is 6.80. The lowest BCUT2D eigenvalue weighted by Gasteiger charge is -1.98. The molecule has 0 aliphatic carbocycles. The van der Waals surface area contributed by atoms with E-state index in [-0.39, 0.29) is 5.91 Å². The lowest BCUT2D eigenvalue weighted by Crippen LogP contribution is -2.12. The minimum absolute atomic E-state index is 0.273. The van der Waals surface area contributed by atoms with Gasteiger partial charge in [-0.2, -0.15) is 0 Å². The molecule has 4 rings (SSSR count). The molecule has 0 saturated heterocycles. The number of aromatic nitrogens is 3. The largest absolute Gasteiger partial charge is 0.295 e. The number of thiazole rings is 1. The highest BCUT2D eigenvalue weighted by Gasteiger charge is 2.14. The molecule has 1 N–H and O–H groups in total.